The molecule has 0 spiro atoms. The van der Waals surface area contributed by atoms with Crippen LogP contribution in [0.2, 0.25) is 0 Å². The molecule has 0 radical (unpaired) electrons. The van der Waals surface area contributed by atoms with Gasteiger partial charge in [-0.1, -0.05) is 18.2 Å². The second kappa shape index (κ2) is 10.7. The molecule has 0 aliphatic carbocycles. The van der Waals surface area contributed by atoms with Gasteiger partial charge in [0.05, 0.1) is 26.9 Å². The molecule has 0 aliphatic rings. The number of ether oxygens (including phenoxy) is 2. The summed E-state index contributed by atoms with van der Waals surface area (Å²) in [6.07, 6.45) is 2.17. The van der Waals surface area contributed by atoms with Crippen molar-refractivity contribution in [2.75, 3.05) is 33.9 Å². The first-order valence-electron chi connectivity index (χ1n) is 10.5. The van der Waals surface area contributed by atoms with Crippen molar-refractivity contribution in [3.05, 3.63) is 59.3 Å². The first-order valence-corrected chi connectivity index (χ1v) is 10.5. The van der Waals surface area contributed by atoms with E-state index in [1.165, 1.54) is 22.0 Å². The van der Waals surface area contributed by atoms with Crippen molar-refractivity contribution < 1.29 is 14.6 Å². The summed E-state index contributed by atoms with van der Waals surface area (Å²) >= 11 is 0. The van der Waals surface area contributed by atoms with E-state index in [0.29, 0.717) is 23.0 Å². The Hall–Kier alpha value is -3.19. The minimum absolute atomic E-state index is 0.220. The number of H-pyrrole nitrogens is 1. The number of para-hydroxylation sites is 1. The third-order valence-electron chi connectivity index (χ3n) is 5.22. The van der Waals surface area contributed by atoms with Crippen molar-refractivity contribution in [3.63, 3.8) is 0 Å². The van der Waals surface area contributed by atoms with Gasteiger partial charge in [0.25, 0.3) is 0 Å². The van der Waals surface area contributed by atoms with Crippen molar-refractivity contribution in [1.82, 2.24) is 15.6 Å². The minimum Gasteiger partial charge on any atom is -0.497 e. The molecular weight excluding hydrogens is 392 g/mol. The Balaban J connectivity index is 1.62. The number of aryl methyl sites for hydroxylation is 1. The van der Waals surface area contributed by atoms with Gasteiger partial charge in [0.1, 0.15) is 11.5 Å². The number of aliphatic imine (C=N–C) groups is 1. The first-order chi connectivity index (χ1) is 15.0. The van der Waals surface area contributed by atoms with Crippen molar-refractivity contribution in [3.8, 4) is 11.5 Å². The summed E-state index contributed by atoms with van der Waals surface area (Å²) in [4.78, 5) is 7.92. The summed E-state index contributed by atoms with van der Waals surface area (Å²) in [5.41, 5.74) is 4.40. The monoisotopic (exact) mass is 424 g/mol. The summed E-state index contributed by atoms with van der Waals surface area (Å²) in [7, 11) is 3.18. The number of nitrogens with one attached hydrogen (secondary N) is 3. The van der Waals surface area contributed by atoms with Gasteiger partial charge in [-0.15, -0.1) is 0 Å². The minimum atomic E-state index is -0.768. The van der Waals surface area contributed by atoms with E-state index in [1.807, 2.05) is 6.92 Å². The maximum absolute atomic E-state index is 10.6. The summed E-state index contributed by atoms with van der Waals surface area (Å²) < 4.78 is 10.6. The van der Waals surface area contributed by atoms with Crippen LogP contribution in [0.15, 0.2) is 47.6 Å². The van der Waals surface area contributed by atoms with E-state index < -0.39 is 6.10 Å². The Labute approximate surface area is 183 Å². The largest absolute Gasteiger partial charge is 0.497 e. The Morgan fingerprint density at radius 2 is 1.87 bits per heavy atom. The number of fused-ring (bicyclic) bond motifs is 1. The Bertz CT molecular complexity index is 1010. The lowest BCUT2D eigenvalue weighted by Gasteiger charge is -2.15. The van der Waals surface area contributed by atoms with Crippen LogP contribution in [0.25, 0.3) is 10.9 Å². The zero-order chi connectivity index (χ0) is 22.2. The summed E-state index contributed by atoms with van der Waals surface area (Å²) in [6, 6.07) is 11.7. The molecular formula is C24H32N4O3. The van der Waals surface area contributed by atoms with Crippen molar-refractivity contribution >= 4 is 16.9 Å². The third kappa shape index (κ3) is 5.70. The van der Waals surface area contributed by atoms with E-state index in [0.717, 1.165) is 19.5 Å². The average Bonchev–Trinajstić information content (AvgIpc) is 3.21. The van der Waals surface area contributed by atoms with E-state index >= 15 is 0 Å². The standard InChI is InChI=1S/C24H32N4O3/c1-5-25-24(26-10-9-17-14-27-23-16(2)7-6-8-21(17)23)28-15-22(29)18-11-19(30-3)13-20(12-18)31-4/h6-8,11-14,22,27,29H,5,9-10,15H2,1-4H3,(H2,25,26,28). The van der Waals surface area contributed by atoms with Gasteiger partial charge in [0, 0.05) is 36.3 Å². The van der Waals surface area contributed by atoms with Crippen LogP contribution in [-0.4, -0.2) is 49.9 Å². The Morgan fingerprint density at radius 1 is 1.13 bits per heavy atom. The van der Waals surface area contributed by atoms with Crippen LogP contribution in [-0.2, 0) is 6.42 Å². The van der Waals surface area contributed by atoms with Crippen LogP contribution in [0.4, 0.5) is 0 Å². The highest BCUT2D eigenvalue weighted by Crippen LogP contribution is 2.26. The highest BCUT2D eigenvalue weighted by atomic mass is 16.5. The number of hydrogen-bond donors (Lipinski definition) is 4. The Kier molecular flexibility index (Phi) is 7.78. The topological polar surface area (TPSA) is 90.9 Å². The molecule has 31 heavy (non-hydrogen) atoms. The molecule has 1 heterocycles. The zero-order valence-corrected chi connectivity index (χ0v) is 18.7. The fourth-order valence-electron chi connectivity index (χ4n) is 3.53. The molecule has 2 aromatic carbocycles. The van der Waals surface area contributed by atoms with Gasteiger partial charge in [0.2, 0.25) is 0 Å². The maximum Gasteiger partial charge on any atom is 0.191 e. The molecule has 3 rings (SSSR count). The smallest absolute Gasteiger partial charge is 0.191 e. The molecule has 1 aromatic heterocycles. The predicted octanol–water partition coefficient (Wildman–Crippen LogP) is 3.32. The molecule has 3 aromatic rings. The number of methoxy groups -OCH3 is 2. The number of aromatic amines is 1. The number of nitrogens with zero attached hydrogens (tertiary/aromatic N) is 1. The molecule has 0 aliphatic heterocycles. The van der Waals surface area contributed by atoms with Gasteiger partial charge >= 0.3 is 0 Å². The molecule has 166 valence electrons. The van der Waals surface area contributed by atoms with Gasteiger partial charge in [0.15, 0.2) is 5.96 Å². The quantitative estimate of drug-likeness (QED) is 0.312. The van der Waals surface area contributed by atoms with E-state index in [2.05, 4.69) is 51.9 Å². The van der Waals surface area contributed by atoms with Gasteiger partial charge in [-0.2, -0.15) is 0 Å². The van der Waals surface area contributed by atoms with Gasteiger partial charge < -0.3 is 30.2 Å². The highest BCUT2D eigenvalue weighted by molar-refractivity contribution is 5.86. The van der Waals surface area contributed by atoms with E-state index in [1.54, 1.807) is 32.4 Å². The number of rotatable bonds is 9. The summed E-state index contributed by atoms with van der Waals surface area (Å²) in [5, 5.41) is 18.5. The second-order valence-electron chi connectivity index (χ2n) is 7.37. The molecule has 1 atom stereocenters. The maximum atomic E-state index is 10.6. The van der Waals surface area contributed by atoms with E-state index in [9.17, 15) is 5.11 Å². The molecule has 7 nitrogen and oxygen atoms in total. The Morgan fingerprint density at radius 3 is 2.55 bits per heavy atom. The van der Waals surface area contributed by atoms with Crippen molar-refractivity contribution in [2.24, 2.45) is 4.99 Å². The lowest BCUT2D eigenvalue weighted by Crippen LogP contribution is -2.38. The number of aromatic nitrogens is 1. The van der Waals surface area contributed by atoms with Crippen LogP contribution >= 0.6 is 0 Å². The van der Waals surface area contributed by atoms with Gasteiger partial charge in [-0.05, 0) is 49.1 Å². The first kappa shape index (κ1) is 22.5. The SMILES string of the molecule is CCNC(=NCC(O)c1cc(OC)cc(OC)c1)NCCc1c[nH]c2c(C)cccc12. The highest BCUT2D eigenvalue weighted by Gasteiger charge is 2.12. The molecule has 4 N–H and O–H groups in total. The lowest BCUT2D eigenvalue weighted by atomic mass is 10.1. The molecule has 0 amide bonds. The predicted molar refractivity (Wildman–Crippen MR) is 125 cm³/mol. The molecule has 0 fully saturated rings. The van der Waals surface area contributed by atoms with Crippen LogP contribution in [0, 0.1) is 6.92 Å². The van der Waals surface area contributed by atoms with Crippen LogP contribution in [0.5, 0.6) is 11.5 Å². The molecule has 0 saturated heterocycles. The van der Waals surface area contributed by atoms with Crippen LogP contribution < -0.4 is 20.1 Å². The molecule has 7 heteroatoms. The lowest BCUT2D eigenvalue weighted by molar-refractivity contribution is 0.186. The van der Waals surface area contributed by atoms with Crippen molar-refractivity contribution in [2.45, 2.75) is 26.4 Å². The number of benzene rings is 2. The van der Waals surface area contributed by atoms with Crippen LogP contribution in [0.1, 0.15) is 29.7 Å². The molecule has 0 saturated carbocycles. The number of aliphatic hydroxyl groups is 1. The second-order valence-corrected chi connectivity index (χ2v) is 7.37. The summed E-state index contributed by atoms with van der Waals surface area (Å²) in [5.74, 6) is 1.94. The summed E-state index contributed by atoms with van der Waals surface area (Å²) in [6.45, 7) is 5.82. The number of guanidine groups is 1. The third-order valence-corrected chi connectivity index (χ3v) is 5.22. The van der Waals surface area contributed by atoms with Gasteiger partial charge in [-0.3, -0.25) is 4.99 Å². The number of aliphatic hydroxyl groups excluding tert-OH is 1. The average molecular weight is 425 g/mol. The fraction of sp³-hybridized carbons (Fsp3) is 0.375. The van der Waals surface area contributed by atoms with E-state index in [-0.39, 0.29) is 6.54 Å². The van der Waals surface area contributed by atoms with Gasteiger partial charge in [-0.25, -0.2) is 0 Å². The molecule has 1 unspecified atom stereocenters. The fourth-order valence-corrected chi connectivity index (χ4v) is 3.53. The molecule has 0 bridgehead atoms. The zero-order valence-electron chi connectivity index (χ0n) is 18.7. The normalized spacial score (nSPS) is 12.6. The number of hydrogen-bond acceptors (Lipinski definition) is 4. The van der Waals surface area contributed by atoms with Crippen molar-refractivity contribution in [1.29, 1.82) is 0 Å². The van der Waals surface area contributed by atoms with E-state index in [4.69, 9.17) is 9.47 Å². The van der Waals surface area contributed by atoms with Crippen LogP contribution in [0.3, 0.4) is 0 Å².